The van der Waals surface area contributed by atoms with Gasteiger partial charge in [0.1, 0.15) is 12.7 Å². The van der Waals surface area contributed by atoms with E-state index in [1.54, 1.807) is 0 Å². The van der Waals surface area contributed by atoms with Crippen molar-refractivity contribution in [2.24, 2.45) is 0 Å². The molecule has 1 aliphatic heterocycles. The van der Waals surface area contributed by atoms with Crippen molar-refractivity contribution in [2.45, 2.75) is 64.6 Å². The van der Waals surface area contributed by atoms with Crippen LogP contribution in [0.4, 0.5) is 4.39 Å². The van der Waals surface area contributed by atoms with E-state index in [1.807, 2.05) is 0 Å². The van der Waals surface area contributed by atoms with E-state index in [1.165, 1.54) is 0 Å². The first-order valence-electron chi connectivity index (χ1n) is 8.39. The van der Waals surface area contributed by atoms with Gasteiger partial charge in [0.25, 0.3) is 0 Å². The van der Waals surface area contributed by atoms with Gasteiger partial charge in [-0.05, 0) is 0 Å². The fourth-order valence-electron chi connectivity index (χ4n) is 2.61. The molecule has 1 saturated heterocycles. The van der Waals surface area contributed by atoms with Crippen molar-refractivity contribution < 1.29 is 66.1 Å². The van der Waals surface area contributed by atoms with E-state index in [4.69, 9.17) is 28.7 Å². The van der Waals surface area contributed by atoms with Crippen LogP contribution in [0.2, 0.25) is 0 Å². The molecule has 0 saturated carbocycles. The van der Waals surface area contributed by atoms with Gasteiger partial charge in [-0.15, -0.1) is 0 Å². The summed E-state index contributed by atoms with van der Waals surface area (Å²) < 4.78 is 55.0. The van der Waals surface area contributed by atoms with Crippen molar-refractivity contribution >= 4 is 31.7 Å². The Bertz CT molecular complexity index is 707. The predicted molar refractivity (Wildman–Crippen MR) is 90.0 cm³/mol. The molecule has 0 radical (unpaired) electrons. The molecule has 0 bridgehead atoms. The van der Waals surface area contributed by atoms with Crippen molar-refractivity contribution in [3.05, 3.63) is 0 Å². The lowest BCUT2D eigenvalue weighted by Crippen LogP contribution is -2.64. The molecule has 0 aromatic heterocycles. The smallest absolute Gasteiger partial charge is 0.463 e. The Morgan fingerprint density at radius 2 is 1.37 bits per heavy atom. The number of alkyl halides is 1. The Labute approximate surface area is 169 Å². The van der Waals surface area contributed by atoms with E-state index in [9.17, 15) is 28.1 Å². The SMILES string of the molecule is CC(=O)OC[C@H](F)[C@H]1O[C@@H](OP(=O)(O)O)[C@@H](OC(C)=O)[C@@H](OC(C)=O)[C@@H]1OC(C)=O. The maximum atomic E-state index is 14.8. The highest BCUT2D eigenvalue weighted by Crippen LogP contribution is 2.42. The lowest BCUT2D eigenvalue weighted by Gasteiger charge is -2.44. The van der Waals surface area contributed by atoms with Crippen LogP contribution in [-0.4, -0.2) is 77.1 Å². The maximum absolute atomic E-state index is 14.8. The van der Waals surface area contributed by atoms with E-state index in [0.717, 1.165) is 27.7 Å². The third kappa shape index (κ3) is 8.32. The number of esters is 4. The molecule has 1 fully saturated rings. The number of carbonyl (C=O) groups is 4. The van der Waals surface area contributed by atoms with Crippen molar-refractivity contribution in [1.82, 2.24) is 0 Å². The first-order chi connectivity index (χ1) is 13.7. The van der Waals surface area contributed by atoms with Gasteiger partial charge in [0.05, 0.1) is 0 Å². The summed E-state index contributed by atoms with van der Waals surface area (Å²) in [4.78, 5) is 63.7. The molecule has 1 rings (SSSR count). The first kappa shape index (κ1) is 25.9. The lowest BCUT2D eigenvalue weighted by molar-refractivity contribution is -0.296. The summed E-state index contributed by atoms with van der Waals surface area (Å²) in [5.41, 5.74) is 0. The quantitative estimate of drug-likeness (QED) is 0.269. The van der Waals surface area contributed by atoms with Gasteiger partial charge in [0.2, 0.25) is 6.29 Å². The zero-order valence-corrected chi connectivity index (χ0v) is 17.3. The summed E-state index contributed by atoms with van der Waals surface area (Å²) >= 11 is 0. The zero-order chi connectivity index (χ0) is 23.2. The summed E-state index contributed by atoms with van der Waals surface area (Å²) in [5.74, 6) is -3.81. The largest absolute Gasteiger partial charge is 0.472 e. The van der Waals surface area contributed by atoms with Crippen LogP contribution in [0.15, 0.2) is 0 Å². The second kappa shape index (κ2) is 10.8. The molecule has 1 heterocycles. The molecule has 0 spiro atoms. The summed E-state index contributed by atoms with van der Waals surface area (Å²) in [6.07, 6.45) is -11.6. The van der Waals surface area contributed by atoms with Gasteiger partial charge < -0.3 is 33.5 Å². The molecule has 2 N–H and O–H groups in total. The van der Waals surface area contributed by atoms with Gasteiger partial charge in [0.15, 0.2) is 24.5 Å². The normalized spacial score (nSPS) is 27.5. The zero-order valence-electron chi connectivity index (χ0n) is 16.4. The number of hydrogen-bond acceptors (Lipinski definition) is 11. The molecule has 6 atom stereocenters. The first-order valence-corrected chi connectivity index (χ1v) is 9.92. The van der Waals surface area contributed by atoms with Crippen LogP contribution < -0.4 is 0 Å². The van der Waals surface area contributed by atoms with Gasteiger partial charge in [-0.1, -0.05) is 0 Å². The lowest BCUT2D eigenvalue weighted by atomic mass is 9.95. The van der Waals surface area contributed by atoms with Gasteiger partial charge in [0, 0.05) is 27.7 Å². The van der Waals surface area contributed by atoms with E-state index >= 15 is 0 Å². The minimum absolute atomic E-state index is 0.852. The number of phosphoric ester groups is 1. The van der Waals surface area contributed by atoms with Crippen LogP contribution in [-0.2, 0) is 52.0 Å². The Morgan fingerprint density at radius 1 is 0.900 bits per heavy atom. The van der Waals surface area contributed by atoms with Crippen molar-refractivity contribution in [3.8, 4) is 0 Å². The predicted octanol–water partition coefficient (Wildman–Crippen LogP) is -0.483. The second-order valence-corrected chi connectivity index (χ2v) is 7.30. The van der Waals surface area contributed by atoms with Crippen molar-refractivity contribution in [1.29, 1.82) is 0 Å². The number of rotatable bonds is 8. The Morgan fingerprint density at radius 3 is 1.80 bits per heavy atom. The molecule has 30 heavy (non-hydrogen) atoms. The Hall–Kier alpha value is -2.12. The molecule has 0 aliphatic carbocycles. The molecule has 13 nitrogen and oxygen atoms in total. The minimum Gasteiger partial charge on any atom is -0.463 e. The number of carbonyl (C=O) groups excluding carboxylic acids is 4. The maximum Gasteiger partial charge on any atom is 0.472 e. The average Bonchev–Trinajstić information content (AvgIpc) is 2.55. The highest BCUT2D eigenvalue weighted by molar-refractivity contribution is 7.46. The summed E-state index contributed by atoms with van der Waals surface area (Å²) in [7, 11) is -5.28. The second-order valence-electron chi connectivity index (χ2n) is 6.11. The van der Waals surface area contributed by atoms with Crippen LogP contribution in [0.3, 0.4) is 0 Å². The monoisotopic (exact) mass is 460 g/mol. The van der Waals surface area contributed by atoms with Crippen molar-refractivity contribution in [3.63, 3.8) is 0 Å². The van der Waals surface area contributed by atoms with Crippen LogP contribution in [0.1, 0.15) is 27.7 Å². The summed E-state index contributed by atoms with van der Waals surface area (Å²) in [6, 6.07) is 0. The Kier molecular flexibility index (Phi) is 9.31. The molecule has 0 aromatic rings. The number of phosphoric acid groups is 1. The fraction of sp³-hybridized carbons (Fsp3) is 0.733. The van der Waals surface area contributed by atoms with Gasteiger partial charge in [-0.3, -0.25) is 23.7 Å². The molecule has 0 unspecified atom stereocenters. The summed E-state index contributed by atoms with van der Waals surface area (Å²) in [5, 5.41) is 0. The van der Waals surface area contributed by atoms with Crippen LogP contribution in [0.5, 0.6) is 0 Å². The molecular weight excluding hydrogens is 438 g/mol. The van der Waals surface area contributed by atoms with E-state index in [-0.39, 0.29) is 0 Å². The van der Waals surface area contributed by atoms with E-state index in [0.29, 0.717) is 0 Å². The highest BCUT2D eigenvalue weighted by atomic mass is 31.2. The fourth-order valence-corrected chi connectivity index (χ4v) is 3.05. The molecule has 15 heteroatoms. The Balaban J connectivity index is 3.41. The number of hydrogen-bond donors (Lipinski definition) is 2. The number of ether oxygens (including phenoxy) is 5. The van der Waals surface area contributed by atoms with Crippen molar-refractivity contribution in [2.75, 3.05) is 6.61 Å². The van der Waals surface area contributed by atoms with Gasteiger partial charge >= 0.3 is 31.7 Å². The minimum atomic E-state index is -5.28. The molecule has 0 amide bonds. The topological polar surface area (TPSA) is 181 Å². The summed E-state index contributed by atoms with van der Waals surface area (Å²) in [6.45, 7) is 2.90. The average molecular weight is 460 g/mol. The van der Waals surface area contributed by atoms with Crippen LogP contribution >= 0.6 is 7.82 Å². The highest BCUT2D eigenvalue weighted by Gasteiger charge is 2.56. The standard InChI is InChI=1S/C15H22FO13P/c1-6(17)24-5-10(16)11-12(25-7(2)18)13(26-8(3)19)14(27-9(4)20)15(28-11)29-30(21,22)23/h10-15H,5H2,1-4H3,(H2,21,22,23)/t10-,11+,12+,13-,14-,15-/m0/s1. The molecular formula is C15H22FO13P. The van der Waals surface area contributed by atoms with E-state index < -0.39 is 75.2 Å². The molecule has 0 aromatic carbocycles. The molecule has 172 valence electrons. The molecule has 1 aliphatic rings. The van der Waals surface area contributed by atoms with Gasteiger partial charge in [-0.25, -0.2) is 8.96 Å². The third-order valence-corrected chi connectivity index (χ3v) is 3.96. The van der Waals surface area contributed by atoms with Gasteiger partial charge in [-0.2, -0.15) is 0 Å². The number of halogens is 1. The van der Waals surface area contributed by atoms with Crippen LogP contribution in [0.25, 0.3) is 0 Å². The third-order valence-electron chi connectivity index (χ3n) is 3.48. The van der Waals surface area contributed by atoms with E-state index in [2.05, 4.69) is 9.26 Å². The van der Waals surface area contributed by atoms with Crippen LogP contribution in [0, 0.1) is 0 Å².